The summed E-state index contributed by atoms with van der Waals surface area (Å²) in [5.41, 5.74) is 0. The van der Waals surface area contributed by atoms with Gasteiger partial charge in [0.2, 0.25) is 11.0 Å². The molecule has 7 nitrogen and oxygen atoms in total. The van der Waals surface area contributed by atoms with Crippen molar-refractivity contribution >= 4 is 16.7 Å². The second-order valence-corrected chi connectivity index (χ2v) is 5.35. The molecule has 0 spiro atoms. The van der Waals surface area contributed by atoms with Gasteiger partial charge in [0, 0.05) is 44.6 Å². The Kier molecular flexibility index (Phi) is 3.43. The SMILES string of the molecule is Cc1nsc(N2CCN(Cc3noc(C)n3)CC2)n1. The van der Waals surface area contributed by atoms with Crippen LogP contribution < -0.4 is 4.90 Å². The van der Waals surface area contributed by atoms with Gasteiger partial charge in [-0.1, -0.05) is 5.16 Å². The fourth-order valence-electron chi connectivity index (χ4n) is 2.12. The minimum atomic E-state index is 0.623. The maximum absolute atomic E-state index is 4.98. The molecule has 2 aromatic heterocycles. The Morgan fingerprint density at radius 2 is 1.95 bits per heavy atom. The minimum Gasteiger partial charge on any atom is -0.344 e. The molecule has 0 bridgehead atoms. The van der Waals surface area contributed by atoms with Gasteiger partial charge in [-0.3, -0.25) is 4.90 Å². The Morgan fingerprint density at radius 3 is 2.53 bits per heavy atom. The third kappa shape index (κ3) is 2.90. The third-order valence-electron chi connectivity index (χ3n) is 3.09. The molecule has 8 heteroatoms. The van der Waals surface area contributed by atoms with Crippen molar-refractivity contribution in [3.63, 3.8) is 0 Å². The van der Waals surface area contributed by atoms with Crippen molar-refractivity contribution in [2.45, 2.75) is 20.4 Å². The van der Waals surface area contributed by atoms with E-state index in [1.807, 2.05) is 13.8 Å². The van der Waals surface area contributed by atoms with Crippen LogP contribution in [0.3, 0.4) is 0 Å². The fourth-order valence-corrected chi connectivity index (χ4v) is 2.84. The molecule has 0 unspecified atom stereocenters. The Morgan fingerprint density at radius 1 is 1.16 bits per heavy atom. The van der Waals surface area contributed by atoms with Crippen LogP contribution >= 0.6 is 11.5 Å². The lowest BCUT2D eigenvalue weighted by Crippen LogP contribution is -2.46. The zero-order valence-corrected chi connectivity index (χ0v) is 11.9. The van der Waals surface area contributed by atoms with E-state index in [9.17, 15) is 0 Å². The van der Waals surface area contributed by atoms with Gasteiger partial charge in [-0.2, -0.15) is 9.36 Å². The number of anilines is 1. The number of hydrogen-bond donors (Lipinski definition) is 0. The van der Waals surface area contributed by atoms with Gasteiger partial charge in [-0.05, 0) is 6.92 Å². The van der Waals surface area contributed by atoms with Gasteiger partial charge >= 0.3 is 0 Å². The van der Waals surface area contributed by atoms with Crippen molar-refractivity contribution < 1.29 is 4.52 Å². The summed E-state index contributed by atoms with van der Waals surface area (Å²) >= 11 is 1.47. The molecule has 0 amide bonds. The number of rotatable bonds is 3. The number of nitrogens with zero attached hydrogens (tertiary/aromatic N) is 6. The van der Waals surface area contributed by atoms with Crippen LogP contribution in [-0.2, 0) is 6.54 Å². The molecule has 0 N–H and O–H groups in total. The number of piperazine rings is 1. The highest BCUT2D eigenvalue weighted by Crippen LogP contribution is 2.19. The molecule has 0 atom stereocenters. The Hall–Kier alpha value is -1.54. The highest BCUT2D eigenvalue weighted by Gasteiger charge is 2.20. The first kappa shape index (κ1) is 12.5. The first-order valence-electron chi connectivity index (χ1n) is 6.27. The lowest BCUT2D eigenvalue weighted by Gasteiger charge is -2.33. The summed E-state index contributed by atoms with van der Waals surface area (Å²) in [5.74, 6) is 2.24. The van der Waals surface area contributed by atoms with Crippen LogP contribution in [-0.4, -0.2) is 50.6 Å². The van der Waals surface area contributed by atoms with Crippen molar-refractivity contribution in [2.24, 2.45) is 0 Å². The summed E-state index contributed by atoms with van der Waals surface area (Å²) in [6, 6.07) is 0. The molecule has 2 aromatic rings. The Labute approximate surface area is 115 Å². The molecule has 1 fully saturated rings. The molecule has 19 heavy (non-hydrogen) atoms. The van der Waals surface area contributed by atoms with Crippen LogP contribution in [0.25, 0.3) is 0 Å². The van der Waals surface area contributed by atoms with Crippen molar-refractivity contribution in [1.82, 2.24) is 24.4 Å². The summed E-state index contributed by atoms with van der Waals surface area (Å²) in [4.78, 5) is 13.3. The first-order valence-corrected chi connectivity index (χ1v) is 7.05. The molecule has 0 radical (unpaired) electrons. The van der Waals surface area contributed by atoms with Crippen molar-refractivity contribution in [3.8, 4) is 0 Å². The van der Waals surface area contributed by atoms with Crippen LogP contribution in [0.2, 0.25) is 0 Å². The summed E-state index contributed by atoms with van der Waals surface area (Å²) in [5, 5.41) is 4.95. The van der Waals surface area contributed by atoms with E-state index in [0.29, 0.717) is 5.89 Å². The molecule has 0 aromatic carbocycles. The number of aromatic nitrogens is 4. The predicted octanol–water partition coefficient (Wildman–Crippen LogP) is 0.860. The van der Waals surface area contributed by atoms with Gasteiger partial charge in [0.15, 0.2) is 5.82 Å². The molecule has 1 aliphatic heterocycles. The predicted molar refractivity (Wildman–Crippen MR) is 71.2 cm³/mol. The maximum atomic E-state index is 4.98. The van der Waals surface area contributed by atoms with Crippen LogP contribution in [0.5, 0.6) is 0 Å². The first-order chi connectivity index (χ1) is 9.20. The normalized spacial score (nSPS) is 17.1. The highest BCUT2D eigenvalue weighted by molar-refractivity contribution is 7.09. The van der Waals surface area contributed by atoms with Gasteiger partial charge < -0.3 is 9.42 Å². The average molecular weight is 280 g/mol. The summed E-state index contributed by atoms with van der Waals surface area (Å²) in [7, 11) is 0. The van der Waals surface area contributed by atoms with Crippen LogP contribution in [0.1, 0.15) is 17.5 Å². The Bertz CT molecular complexity index is 545. The van der Waals surface area contributed by atoms with E-state index in [2.05, 4.69) is 29.3 Å². The summed E-state index contributed by atoms with van der Waals surface area (Å²) < 4.78 is 9.21. The van der Waals surface area contributed by atoms with Gasteiger partial charge in [0.05, 0.1) is 6.54 Å². The largest absolute Gasteiger partial charge is 0.344 e. The van der Waals surface area contributed by atoms with E-state index in [1.54, 1.807) is 0 Å². The van der Waals surface area contributed by atoms with E-state index >= 15 is 0 Å². The maximum Gasteiger partial charge on any atom is 0.223 e. The quantitative estimate of drug-likeness (QED) is 0.825. The topological polar surface area (TPSA) is 71.2 Å². The number of aryl methyl sites for hydroxylation is 2. The highest BCUT2D eigenvalue weighted by atomic mass is 32.1. The molecule has 1 saturated heterocycles. The third-order valence-corrected chi connectivity index (χ3v) is 3.96. The zero-order valence-electron chi connectivity index (χ0n) is 11.0. The van der Waals surface area contributed by atoms with Crippen LogP contribution in [0.4, 0.5) is 5.13 Å². The van der Waals surface area contributed by atoms with Gasteiger partial charge in [0.1, 0.15) is 5.82 Å². The fraction of sp³-hybridized carbons (Fsp3) is 0.636. The second-order valence-electron chi connectivity index (χ2n) is 4.62. The summed E-state index contributed by atoms with van der Waals surface area (Å²) in [6.07, 6.45) is 0. The van der Waals surface area contributed by atoms with Gasteiger partial charge in [0.25, 0.3) is 0 Å². The molecular formula is C11H16N6OS. The van der Waals surface area contributed by atoms with Crippen molar-refractivity contribution in [3.05, 3.63) is 17.5 Å². The molecule has 3 rings (SSSR count). The lowest BCUT2D eigenvalue weighted by molar-refractivity contribution is 0.240. The lowest BCUT2D eigenvalue weighted by atomic mass is 10.3. The van der Waals surface area contributed by atoms with Crippen molar-refractivity contribution in [1.29, 1.82) is 0 Å². The van der Waals surface area contributed by atoms with Gasteiger partial charge in [-0.15, -0.1) is 0 Å². The van der Waals surface area contributed by atoms with Crippen LogP contribution in [0, 0.1) is 13.8 Å². The van der Waals surface area contributed by atoms with E-state index in [0.717, 1.165) is 49.5 Å². The van der Waals surface area contributed by atoms with Crippen LogP contribution in [0.15, 0.2) is 4.52 Å². The van der Waals surface area contributed by atoms with E-state index in [-0.39, 0.29) is 0 Å². The standard InChI is InChI=1S/C11H16N6OS/c1-8-12-11(19-15-8)17-5-3-16(4-6-17)7-10-13-9(2)18-14-10/h3-7H2,1-2H3. The molecule has 0 saturated carbocycles. The molecule has 1 aliphatic rings. The number of hydrogen-bond acceptors (Lipinski definition) is 8. The second kappa shape index (κ2) is 5.22. The van der Waals surface area contributed by atoms with Crippen molar-refractivity contribution in [2.75, 3.05) is 31.1 Å². The average Bonchev–Trinajstić information content (AvgIpc) is 3.00. The zero-order chi connectivity index (χ0) is 13.2. The minimum absolute atomic E-state index is 0.623. The van der Waals surface area contributed by atoms with E-state index in [4.69, 9.17) is 4.52 Å². The summed E-state index contributed by atoms with van der Waals surface area (Å²) in [6.45, 7) is 8.37. The monoisotopic (exact) mass is 280 g/mol. The molecule has 3 heterocycles. The Balaban J connectivity index is 1.54. The van der Waals surface area contributed by atoms with Gasteiger partial charge in [-0.25, -0.2) is 4.98 Å². The smallest absolute Gasteiger partial charge is 0.223 e. The van der Waals surface area contributed by atoms with E-state index in [1.165, 1.54) is 11.5 Å². The molecule has 0 aliphatic carbocycles. The molecular weight excluding hydrogens is 264 g/mol. The van der Waals surface area contributed by atoms with E-state index < -0.39 is 0 Å². The molecule has 102 valence electrons.